The molecule has 8 heteroatoms. The van der Waals surface area contributed by atoms with Gasteiger partial charge in [-0.15, -0.1) is 0 Å². The highest BCUT2D eigenvalue weighted by Crippen LogP contribution is 2.17. The molecule has 0 bridgehead atoms. The molecule has 0 saturated heterocycles. The first kappa shape index (κ1) is 18.0. The van der Waals surface area contributed by atoms with Crippen LogP contribution in [0, 0.1) is 5.82 Å². The molecule has 4 rings (SSSR count). The number of thiazole rings is 1. The number of hydrogen-bond donors (Lipinski definition) is 0. The monoisotopic (exact) mass is 395 g/mol. The zero-order chi connectivity index (χ0) is 19.7. The highest BCUT2D eigenvalue weighted by molar-refractivity contribution is 7.15. The summed E-state index contributed by atoms with van der Waals surface area (Å²) in [7, 11) is 1.55. The van der Waals surface area contributed by atoms with E-state index in [0.717, 1.165) is 21.4 Å². The van der Waals surface area contributed by atoms with Crippen molar-refractivity contribution in [3.8, 4) is 5.75 Å². The van der Waals surface area contributed by atoms with Gasteiger partial charge in [0.25, 0.3) is 11.1 Å². The lowest BCUT2D eigenvalue weighted by molar-refractivity contribution is 0.414. The molecule has 28 heavy (non-hydrogen) atoms. The summed E-state index contributed by atoms with van der Waals surface area (Å²) in [6, 6.07) is 13.0. The molecule has 0 amide bonds. The summed E-state index contributed by atoms with van der Waals surface area (Å²) in [6.07, 6.45) is 1.85. The van der Waals surface area contributed by atoms with Gasteiger partial charge in [0, 0.05) is 12.0 Å². The first-order valence-electron chi connectivity index (χ1n) is 8.37. The number of nitrogens with zero attached hydrogens (tertiary/aromatic N) is 3. The lowest BCUT2D eigenvalue weighted by Crippen LogP contribution is -2.28. The van der Waals surface area contributed by atoms with Gasteiger partial charge in [0.2, 0.25) is 4.96 Å². The van der Waals surface area contributed by atoms with E-state index in [4.69, 9.17) is 4.74 Å². The van der Waals surface area contributed by atoms with E-state index in [1.807, 2.05) is 18.2 Å². The molecule has 0 atom stereocenters. The molecule has 140 valence electrons. The van der Waals surface area contributed by atoms with Crippen molar-refractivity contribution in [3.05, 3.63) is 96.4 Å². The van der Waals surface area contributed by atoms with E-state index < -0.39 is 5.56 Å². The average Bonchev–Trinajstić information content (AvgIpc) is 2.99. The third kappa shape index (κ3) is 3.41. The second kappa shape index (κ2) is 7.32. The molecular weight excluding hydrogens is 381 g/mol. The Morgan fingerprint density at radius 2 is 1.89 bits per heavy atom. The first-order chi connectivity index (χ1) is 13.5. The Balaban J connectivity index is 1.81. The Bertz CT molecular complexity index is 1330. The number of para-hydroxylation sites is 1. The summed E-state index contributed by atoms with van der Waals surface area (Å²) in [6.45, 7) is 0. The molecule has 6 nitrogen and oxygen atoms in total. The average molecular weight is 395 g/mol. The number of fused-ring (bicyclic) bond motifs is 1. The van der Waals surface area contributed by atoms with Gasteiger partial charge < -0.3 is 4.74 Å². The molecule has 0 aliphatic carbocycles. The van der Waals surface area contributed by atoms with E-state index in [-0.39, 0.29) is 28.5 Å². The predicted molar refractivity (Wildman–Crippen MR) is 104 cm³/mol. The molecule has 0 fully saturated rings. The lowest BCUT2D eigenvalue weighted by Gasteiger charge is -2.02. The fourth-order valence-electron chi connectivity index (χ4n) is 2.77. The molecule has 2 heterocycles. The van der Waals surface area contributed by atoms with E-state index in [0.29, 0.717) is 15.8 Å². The van der Waals surface area contributed by atoms with Gasteiger partial charge in [-0.2, -0.15) is 14.6 Å². The summed E-state index contributed by atoms with van der Waals surface area (Å²) in [5.74, 6) is 0.269. The van der Waals surface area contributed by atoms with Gasteiger partial charge in [0.15, 0.2) is 0 Å². The fraction of sp³-hybridized carbons (Fsp3) is 0.100. The van der Waals surface area contributed by atoms with Crippen molar-refractivity contribution in [1.29, 1.82) is 0 Å². The van der Waals surface area contributed by atoms with Crippen LogP contribution in [-0.4, -0.2) is 21.7 Å². The molecule has 2 aromatic heterocycles. The molecule has 0 unspecified atom stereocenters. The van der Waals surface area contributed by atoms with E-state index in [1.165, 1.54) is 12.1 Å². The Morgan fingerprint density at radius 3 is 2.64 bits per heavy atom. The van der Waals surface area contributed by atoms with E-state index in [9.17, 15) is 14.0 Å². The number of benzene rings is 2. The Morgan fingerprint density at radius 1 is 1.14 bits per heavy atom. The normalized spacial score (nSPS) is 11.9. The maximum Gasteiger partial charge on any atom is 0.296 e. The number of aromatic nitrogens is 3. The van der Waals surface area contributed by atoms with Crippen LogP contribution in [-0.2, 0) is 6.42 Å². The Hall–Kier alpha value is -3.39. The van der Waals surface area contributed by atoms with Gasteiger partial charge in [-0.25, -0.2) is 4.39 Å². The molecule has 0 saturated carbocycles. The third-order valence-corrected chi connectivity index (χ3v) is 5.12. The van der Waals surface area contributed by atoms with Crippen LogP contribution in [0.3, 0.4) is 0 Å². The minimum atomic E-state index is -0.505. The molecule has 0 aliphatic heterocycles. The van der Waals surface area contributed by atoms with Gasteiger partial charge >= 0.3 is 0 Å². The second-order valence-electron chi connectivity index (χ2n) is 6.02. The smallest absolute Gasteiger partial charge is 0.296 e. The number of halogens is 1. The third-order valence-electron chi connectivity index (χ3n) is 4.16. The maximum absolute atomic E-state index is 13.1. The van der Waals surface area contributed by atoms with E-state index in [2.05, 4.69) is 10.1 Å². The van der Waals surface area contributed by atoms with Crippen LogP contribution in [0.25, 0.3) is 11.0 Å². The highest BCUT2D eigenvalue weighted by atomic mass is 32.1. The molecule has 0 N–H and O–H groups in total. The van der Waals surface area contributed by atoms with Crippen LogP contribution >= 0.6 is 11.3 Å². The van der Waals surface area contributed by atoms with Gasteiger partial charge in [0.05, 0.1) is 11.6 Å². The van der Waals surface area contributed by atoms with Crippen molar-refractivity contribution in [2.75, 3.05) is 7.11 Å². The summed E-state index contributed by atoms with van der Waals surface area (Å²) >= 11 is 1.09. The minimum Gasteiger partial charge on any atom is -0.496 e. The van der Waals surface area contributed by atoms with Crippen molar-refractivity contribution >= 4 is 22.4 Å². The predicted octanol–water partition coefficient (Wildman–Crippen LogP) is 1.80. The first-order valence-corrected chi connectivity index (χ1v) is 9.19. The summed E-state index contributed by atoms with van der Waals surface area (Å²) in [4.78, 5) is 29.3. The molecule has 0 radical (unpaired) electrons. The van der Waals surface area contributed by atoms with Crippen molar-refractivity contribution < 1.29 is 9.13 Å². The minimum absolute atomic E-state index is 0.128. The summed E-state index contributed by atoms with van der Waals surface area (Å²) in [5, 5.41) is 4.19. The number of hydrogen-bond acceptors (Lipinski definition) is 6. The largest absolute Gasteiger partial charge is 0.496 e. The molecule has 0 aliphatic rings. The summed E-state index contributed by atoms with van der Waals surface area (Å²) in [5.41, 5.74) is 0.704. The number of rotatable bonds is 4. The number of ether oxygens (including phenoxy) is 1. The quantitative estimate of drug-likeness (QED) is 0.527. The second-order valence-corrected chi connectivity index (χ2v) is 7.03. The zero-order valence-electron chi connectivity index (χ0n) is 14.8. The molecule has 2 aromatic carbocycles. The standard InChI is InChI=1S/C20H14FN3O3S/c1-27-16-5-3-2-4-13(16)11-17-19(26)24-20(28-17)22-18(25)15(23-24)10-12-6-8-14(21)9-7-12/h2-9,11H,10H2,1H3/b17-11+. The maximum atomic E-state index is 13.1. The lowest BCUT2D eigenvalue weighted by atomic mass is 10.1. The Labute approximate surface area is 162 Å². The van der Waals surface area contributed by atoms with Crippen LogP contribution in [0.5, 0.6) is 5.75 Å². The number of methoxy groups -OCH3 is 1. The highest BCUT2D eigenvalue weighted by Gasteiger charge is 2.12. The molecule has 0 spiro atoms. The van der Waals surface area contributed by atoms with Crippen LogP contribution in [0.4, 0.5) is 4.39 Å². The molecule has 4 aromatic rings. The molecular formula is C20H14FN3O3S. The van der Waals surface area contributed by atoms with Crippen molar-refractivity contribution in [2.45, 2.75) is 6.42 Å². The van der Waals surface area contributed by atoms with Gasteiger partial charge in [0.1, 0.15) is 17.3 Å². The fourth-order valence-corrected chi connectivity index (χ4v) is 3.67. The topological polar surface area (TPSA) is 73.6 Å². The van der Waals surface area contributed by atoms with Gasteiger partial charge in [-0.05, 0) is 29.8 Å². The van der Waals surface area contributed by atoms with Crippen LogP contribution in [0.2, 0.25) is 0 Å². The van der Waals surface area contributed by atoms with Gasteiger partial charge in [-0.1, -0.05) is 41.7 Å². The van der Waals surface area contributed by atoms with Crippen LogP contribution in [0.1, 0.15) is 16.8 Å². The van der Waals surface area contributed by atoms with Crippen molar-refractivity contribution in [1.82, 2.24) is 14.6 Å². The van der Waals surface area contributed by atoms with Crippen LogP contribution < -0.4 is 20.4 Å². The van der Waals surface area contributed by atoms with Crippen LogP contribution in [0.15, 0.2) is 58.1 Å². The van der Waals surface area contributed by atoms with Gasteiger partial charge in [-0.3, -0.25) is 9.59 Å². The van der Waals surface area contributed by atoms with Crippen molar-refractivity contribution in [2.24, 2.45) is 0 Å². The van der Waals surface area contributed by atoms with Crippen molar-refractivity contribution in [3.63, 3.8) is 0 Å². The Kier molecular flexibility index (Phi) is 4.70. The SMILES string of the molecule is COc1ccccc1/C=c1/sc2nc(=O)c(Cc3ccc(F)cc3)nn2c1=O. The summed E-state index contributed by atoms with van der Waals surface area (Å²) < 4.78 is 19.9. The zero-order valence-corrected chi connectivity index (χ0v) is 15.6. The van der Waals surface area contributed by atoms with E-state index in [1.54, 1.807) is 31.4 Å². The van der Waals surface area contributed by atoms with E-state index >= 15 is 0 Å².